The third kappa shape index (κ3) is 3.43. The average molecular weight is 269 g/mol. The highest BCUT2D eigenvalue weighted by atomic mass is 19.1. The van der Waals surface area contributed by atoms with Crippen molar-refractivity contribution in [1.82, 2.24) is 0 Å². The number of ether oxygens (including phenoxy) is 3. The van der Waals surface area contributed by atoms with Crippen LogP contribution in [0.15, 0.2) is 18.2 Å². The van der Waals surface area contributed by atoms with Gasteiger partial charge in [0.1, 0.15) is 23.8 Å². The summed E-state index contributed by atoms with van der Waals surface area (Å²) in [6, 6.07) is 4.71. The number of benzene rings is 1. The molecule has 1 aromatic carbocycles. The summed E-state index contributed by atoms with van der Waals surface area (Å²) in [4.78, 5) is 0. The molecule has 106 valence electrons. The molecular formula is C14H20FNO3. The van der Waals surface area contributed by atoms with Gasteiger partial charge in [0.2, 0.25) is 0 Å². The molecule has 2 N–H and O–H groups in total. The molecule has 3 atom stereocenters. The largest absolute Gasteiger partial charge is 0.488 e. The lowest BCUT2D eigenvalue weighted by atomic mass is 9.86. The van der Waals surface area contributed by atoms with E-state index in [1.165, 1.54) is 6.07 Å². The molecule has 1 fully saturated rings. The lowest BCUT2D eigenvalue weighted by Gasteiger charge is -2.41. The van der Waals surface area contributed by atoms with E-state index < -0.39 is 0 Å². The van der Waals surface area contributed by atoms with Gasteiger partial charge in [-0.15, -0.1) is 0 Å². The maximum absolute atomic E-state index is 13.2. The first-order valence-corrected chi connectivity index (χ1v) is 6.40. The summed E-state index contributed by atoms with van der Waals surface area (Å²) >= 11 is 0. The Bertz CT molecular complexity index is 427. The van der Waals surface area contributed by atoms with Crippen molar-refractivity contribution >= 4 is 0 Å². The first-order chi connectivity index (χ1) is 9.11. The smallest absolute Gasteiger partial charge is 0.128 e. The van der Waals surface area contributed by atoms with Gasteiger partial charge in [-0.05, 0) is 30.7 Å². The van der Waals surface area contributed by atoms with E-state index >= 15 is 0 Å². The number of methoxy groups -OCH3 is 1. The van der Waals surface area contributed by atoms with Crippen molar-refractivity contribution in [1.29, 1.82) is 0 Å². The highest BCUT2D eigenvalue weighted by Gasteiger charge is 2.41. The zero-order valence-electron chi connectivity index (χ0n) is 11.3. The van der Waals surface area contributed by atoms with Crippen LogP contribution in [0.3, 0.4) is 0 Å². The molecule has 0 aromatic heterocycles. The Balaban J connectivity index is 1.89. The SMILES string of the molecule is COCCOC1C(N)CC1Oc1ccc(F)c(C)c1. The van der Waals surface area contributed by atoms with Gasteiger partial charge in [0.05, 0.1) is 13.2 Å². The van der Waals surface area contributed by atoms with Crippen LogP contribution >= 0.6 is 0 Å². The number of aryl methyl sites for hydroxylation is 1. The number of hydrogen-bond acceptors (Lipinski definition) is 4. The number of hydrogen-bond donors (Lipinski definition) is 1. The Morgan fingerprint density at radius 2 is 2.16 bits per heavy atom. The van der Waals surface area contributed by atoms with Crippen molar-refractivity contribution in [3.05, 3.63) is 29.6 Å². The van der Waals surface area contributed by atoms with Crippen molar-refractivity contribution in [2.45, 2.75) is 31.6 Å². The molecule has 1 aliphatic carbocycles. The first-order valence-electron chi connectivity index (χ1n) is 6.40. The fraction of sp³-hybridized carbons (Fsp3) is 0.571. The molecule has 0 heterocycles. The Morgan fingerprint density at radius 1 is 1.37 bits per heavy atom. The summed E-state index contributed by atoms with van der Waals surface area (Å²) in [6.07, 6.45) is 0.547. The van der Waals surface area contributed by atoms with Gasteiger partial charge in [-0.1, -0.05) is 0 Å². The molecule has 5 heteroatoms. The second kappa shape index (κ2) is 6.32. The second-order valence-corrected chi connectivity index (χ2v) is 4.80. The van der Waals surface area contributed by atoms with E-state index in [0.29, 0.717) is 24.5 Å². The van der Waals surface area contributed by atoms with Gasteiger partial charge in [0, 0.05) is 19.6 Å². The third-order valence-electron chi connectivity index (χ3n) is 3.31. The topological polar surface area (TPSA) is 53.7 Å². The van der Waals surface area contributed by atoms with Gasteiger partial charge >= 0.3 is 0 Å². The quantitative estimate of drug-likeness (QED) is 0.798. The molecule has 3 unspecified atom stereocenters. The van der Waals surface area contributed by atoms with E-state index in [1.54, 1.807) is 26.2 Å². The van der Waals surface area contributed by atoms with Gasteiger partial charge in [0.25, 0.3) is 0 Å². The van der Waals surface area contributed by atoms with E-state index in [-0.39, 0.29) is 24.1 Å². The third-order valence-corrected chi connectivity index (χ3v) is 3.31. The van der Waals surface area contributed by atoms with Crippen LogP contribution in [0.25, 0.3) is 0 Å². The second-order valence-electron chi connectivity index (χ2n) is 4.80. The van der Waals surface area contributed by atoms with Crippen LogP contribution in [0.1, 0.15) is 12.0 Å². The lowest BCUT2D eigenvalue weighted by Crippen LogP contribution is -2.59. The summed E-state index contributed by atoms with van der Waals surface area (Å²) in [5, 5.41) is 0. The van der Waals surface area contributed by atoms with Gasteiger partial charge in [-0.3, -0.25) is 0 Å². The lowest BCUT2D eigenvalue weighted by molar-refractivity contribution is -0.107. The minimum absolute atomic E-state index is 0.0107. The summed E-state index contributed by atoms with van der Waals surface area (Å²) in [6.45, 7) is 2.74. The highest BCUT2D eigenvalue weighted by molar-refractivity contribution is 5.29. The van der Waals surface area contributed by atoms with E-state index in [4.69, 9.17) is 19.9 Å². The van der Waals surface area contributed by atoms with Crippen LogP contribution in [0.5, 0.6) is 5.75 Å². The molecule has 0 aliphatic heterocycles. The minimum atomic E-state index is -0.231. The summed E-state index contributed by atoms with van der Waals surface area (Å²) in [5.74, 6) is 0.418. The standard InChI is InChI=1S/C14H20FNO3/c1-9-7-10(3-4-11(9)15)19-13-8-12(16)14(13)18-6-5-17-2/h3-4,7,12-14H,5-6,8,16H2,1-2H3. The molecule has 1 saturated carbocycles. The van der Waals surface area contributed by atoms with E-state index in [0.717, 1.165) is 6.42 Å². The normalized spacial score (nSPS) is 26.0. The fourth-order valence-electron chi connectivity index (χ4n) is 2.10. The summed E-state index contributed by atoms with van der Waals surface area (Å²) in [5.41, 5.74) is 6.46. The minimum Gasteiger partial charge on any atom is -0.488 e. The Labute approximate surface area is 112 Å². The van der Waals surface area contributed by atoms with Crippen LogP contribution in [0.4, 0.5) is 4.39 Å². The molecule has 1 aromatic rings. The van der Waals surface area contributed by atoms with Crippen molar-refractivity contribution < 1.29 is 18.6 Å². The molecule has 0 saturated heterocycles. The van der Waals surface area contributed by atoms with Crippen LogP contribution in [-0.2, 0) is 9.47 Å². The predicted octanol–water partition coefficient (Wildman–Crippen LogP) is 1.64. The zero-order valence-corrected chi connectivity index (χ0v) is 11.3. The maximum atomic E-state index is 13.2. The van der Waals surface area contributed by atoms with Gasteiger partial charge in [-0.25, -0.2) is 4.39 Å². The van der Waals surface area contributed by atoms with E-state index in [9.17, 15) is 4.39 Å². The summed E-state index contributed by atoms with van der Waals surface area (Å²) < 4.78 is 29.5. The van der Waals surface area contributed by atoms with Gasteiger partial charge in [0.15, 0.2) is 0 Å². The van der Waals surface area contributed by atoms with Gasteiger partial charge in [-0.2, -0.15) is 0 Å². The van der Waals surface area contributed by atoms with E-state index in [2.05, 4.69) is 0 Å². The maximum Gasteiger partial charge on any atom is 0.128 e. The van der Waals surface area contributed by atoms with Crippen molar-refractivity contribution in [3.8, 4) is 5.75 Å². The molecule has 0 bridgehead atoms. The molecule has 0 radical (unpaired) electrons. The van der Waals surface area contributed by atoms with Crippen LogP contribution < -0.4 is 10.5 Å². The molecule has 0 spiro atoms. The number of rotatable bonds is 6. The van der Waals surface area contributed by atoms with Crippen LogP contribution in [0, 0.1) is 12.7 Å². The summed E-state index contributed by atoms with van der Waals surface area (Å²) in [7, 11) is 1.62. The zero-order chi connectivity index (χ0) is 13.8. The molecular weight excluding hydrogens is 249 g/mol. The fourth-order valence-corrected chi connectivity index (χ4v) is 2.10. The first kappa shape index (κ1) is 14.2. The van der Waals surface area contributed by atoms with E-state index in [1.807, 2.05) is 0 Å². The monoisotopic (exact) mass is 269 g/mol. The van der Waals surface area contributed by atoms with Crippen molar-refractivity contribution in [2.24, 2.45) is 5.73 Å². The number of nitrogens with two attached hydrogens (primary N) is 1. The number of halogens is 1. The molecule has 2 rings (SSSR count). The van der Waals surface area contributed by atoms with Crippen LogP contribution in [-0.4, -0.2) is 38.6 Å². The highest BCUT2D eigenvalue weighted by Crippen LogP contribution is 2.28. The van der Waals surface area contributed by atoms with Crippen molar-refractivity contribution in [2.75, 3.05) is 20.3 Å². The van der Waals surface area contributed by atoms with Crippen LogP contribution in [0.2, 0.25) is 0 Å². The molecule has 0 amide bonds. The molecule has 4 nitrogen and oxygen atoms in total. The average Bonchev–Trinajstić information content (AvgIpc) is 2.38. The molecule has 1 aliphatic rings. The molecule has 19 heavy (non-hydrogen) atoms. The Kier molecular flexibility index (Phi) is 4.74. The Morgan fingerprint density at radius 3 is 2.79 bits per heavy atom. The van der Waals surface area contributed by atoms with Crippen molar-refractivity contribution in [3.63, 3.8) is 0 Å². The Hall–Kier alpha value is -1.17. The predicted molar refractivity (Wildman–Crippen MR) is 69.8 cm³/mol. The van der Waals surface area contributed by atoms with Gasteiger partial charge < -0.3 is 19.9 Å².